The van der Waals surface area contributed by atoms with E-state index in [-0.39, 0.29) is 23.6 Å². The Morgan fingerprint density at radius 1 is 1.48 bits per heavy atom. The molecule has 1 heterocycles. The minimum Gasteiger partial charge on any atom is -0.373 e. The number of hydrogen-bond donors (Lipinski definition) is 2. The predicted octanol–water partition coefficient (Wildman–Crippen LogP) is 0.196. The van der Waals surface area contributed by atoms with Gasteiger partial charge >= 0.3 is 0 Å². The molecular weight excluding hydrogens is 300 g/mol. The zero-order valence-corrected chi connectivity index (χ0v) is 12.4. The smallest absolute Gasteiger partial charge is 0.300 e. The highest BCUT2D eigenvalue weighted by Crippen LogP contribution is 2.19. The van der Waals surface area contributed by atoms with Crippen LogP contribution >= 0.6 is 0 Å². The molecule has 0 saturated heterocycles. The number of hydrogen-bond acceptors (Lipinski definition) is 7. The van der Waals surface area contributed by atoms with Gasteiger partial charge in [-0.2, -0.15) is 0 Å². The molecule has 116 valence electrons. The highest BCUT2D eigenvalue weighted by atomic mass is 32.2. The quantitative estimate of drug-likeness (QED) is 0.542. The number of nitro groups is 1. The molecule has 0 spiro atoms. The van der Waals surface area contributed by atoms with Crippen LogP contribution in [0, 0.1) is 10.1 Å². The molecule has 1 aromatic heterocycles. The summed E-state index contributed by atoms with van der Waals surface area (Å²) in [5, 5.41) is 15.9. The Balaban J connectivity index is 2.88. The molecule has 0 radical (unpaired) electrons. The van der Waals surface area contributed by atoms with Crippen LogP contribution in [-0.2, 0) is 9.84 Å². The van der Waals surface area contributed by atoms with Gasteiger partial charge in [0.25, 0.3) is 11.6 Å². The summed E-state index contributed by atoms with van der Waals surface area (Å²) in [6.07, 6.45) is 0.976. The molecule has 0 fully saturated rings. The lowest BCUT2D eigenvalue weighted by atomic mass is 10.2. The first-order valence-electron chi connectivity index (χ1n) is 6.11. The Kier molecular flexibility index (Phi) is 5.59. The average Bonchev–Trinajstić information content (AvgIpc) is 2.46. The number of rotatable bonds is 7. The number of carbonyl (C=O) groups excluding carboxylic acids is 1. The van der Waals surface area contributed by atoms with Crippen molar-refractivity contribution in [2.75, 3.05) is 30.4 Å². The number of anilines is 1. The first-order valence-corrected chi connectivity index (χ1v) is 7.93. The van der Waals surface area contributed by atoms with Crippen LogP contribution in [0.5, 0.6) is 0 Å². The molecule has 10 heteroatoms. The van der Waals surface area contributed by atoms with Crippen LogP contribution in [0.2, 0.25) is 0 Å². The number of sulfone groups is 1. The summed E-state index contributed by atoms with van der Waals surface area (Å²) < 4.78 is 22.6. The van der Waals surface area contributed by atoms with E-state index in [0.29, 0.717) is 5.82 Å². The van der Waals surface area contributed by atoms with E-state index in [4.69, 9.17) is 0 Å². The van der Waals surface area contributed by atoms with Gasteiger partial charge in [-0.15, -0.1) is 0 Å². The molecular formula is C11H16N4O5S. The first-order chi connectivity index (χ1) is 9.80. The van der Waals surface area contributed by atoms with Crippen LogP contribution < -0.4 is 10.6 Å². The van der Waals surface area contributed by atoms with Crippen LogP contribution in [-0.4, -0.2) is 49.3 Å². The van der Waals surface area contributed by atoms with Gasteiger partial charge in [0.15, 0.2) is 9.84 Å². The zero-order chi connectivity index (χ0) is 16.0. The SMILES string of the molecule is CCS(=O)(=O)CCNC(=O)c1cc(NC)ncc1[N+](=O)[O-]. The number of carbonyl (C=O) groups is 1. The van der Waals surface area contributed by atoms with Gasteiger partial charge in [0.1, 0.15) is 17.6 Å². The van der Waals surface area contributed by atoms with Gasteiger partial charge < -0.3 is 10.6 Å². The number of aromatic nitrogens is 1. The van der Waals surface area contributed by atoms with Crippen LogP contribution in [0.4, 0.5) is 11.5 Å². The first kappa shape index (κ1) is 16.8. The van der Waals surface area contributed by atoms with Crippen LogP contribution in [0.25, 0.3) is 0 Å². The Bertz CT molecular complexity index is 644. The normalized spacial score (nSPS) is 11.0. The molecule has 0 aliphatic rings. The summed E-state index contributed by atoms with van der Waals surface area (Å²) in [6.45, 7) is 1.40. The van der Waals surface area contributed by atoms with E-state index in [9.17, 15) is 23.3 Å². The van der Waals surface area contributed by atoms with Crippen molar-refractivity contribution < 1.29 is 18.1 Å². The molecule has 0 bridgehead atoms. The Hall–Kier alpha value is -2.23. The lowest BCUT2D eigenvalue weighted by Gasteiger charge is -2.07. The average molecular weight is 316 g/mol. The summed E-state index contributed by atoms with van der Waals surface area (Å²) in [4.78, 5) is 25.9. The summed E-state index contributed by atoms with van der Waals surface area (Å²) in [5.41, 5.74) is -0.613. The van der Waals surface area contributed by atoms with E-state index in [1.165, 1.54) is 13.0 Å². The van der Waals surface area contributed by atoms with Crippen LogP contribution in [0.15, 0.2) is 12.3 Å². The van der Waals surface area contributed by atoms with E-state index < -0.39 is 26.4 Å². The van der Waals surface area contributed by atoms with Gasteiger partial charge in [-0.25, -0.2) is 13.4 Å². The Morgan fingerprint density at radius 2 is 2.14 bits per heavy atom. The molecule has 2 N–H and O–H groups in total. The van der Waals surface area contributed by atoms with Crippen molar-refractivity contribution in [2.24, 2.45) is 0 Å². The maximum absolute atomic E-state index is 11.9. The summed E-state index contributed by atoms with van der Waals surface area (Å²) in [6, 6.07) is 1.24. The minimum absolute atomic E-state index is 0.0256. The second kappa shape index (κ2) is 6.97. The molecule has 1 amide bonds. The third-order valence-corrected chi connectivity index (χ3v) is 4.42. The van der Waals surface area contributed by atoms with Gasteiger partial charge in [0.2, 0.25) is 0 Å². The molecule has 0 unspecified atom stereocenters. The van der Waals surface area contributed by atoms with Gasteiger partial charge in [-0.05, 0) is 0 Å². The predicted molar refractivity (Wildman–Crippen MR) is 77.1 cm³/mol. The maximum Gasteiger partial charge on any atom is 0.300 e. The topological polar surface area (TPSA) is 131 Å². The minimum atomic E-state index is -3.21. The van der Waals surface area contributed by atoms with Gasteiger partial charge in [-0.1, -0.05) is 6.92 Å². The van der Waals surface area contributed by atoms with E-state index in [2.05, 4.69) is 15.6 Å². The standard InChI is InChI=1S/C11H16N4O5S/c1-3-21(19,20)5-4-13-11(16)8-6-10(12-2)14-7-9(8)15(17)18/h6-7H,3-5H2,1-2H3,(H,12,14)(H,13,16). The van der Waals surface area contributed by atoms with Gasteiger partial charge in [0.05, 0.1) is 10.7 Å². The third kappa shape index (κ3) is 4.67. The third-order valence-electron chi connectivity index (χ3n) is 2.72. The molecule has 0 aliphatic heterocycles. The largest absolute Gasteiger partial charge is 0.373 e. The molecule has 1 aromatic rings. The second-order valence-electron chi connectivity index (χ2n) is 4.09. The molecule has 0 saturated carbocycles. The van der Waals surface area contributed by atoms with Crippen molar-refractivity contribution in [2.45, 2.75) is 6.92 Å². The summed E-state index contributed by atoms with van der Waals surface area (Å²) in [7, 11) is -1.65. The van der Waals surface area contributed by atoms with Crippen molar-refractivity contribution in [3.63, 3.8) is 0 Å². The second-order valence-corrected chi connectivity index (χ2v) is 6.56. The molecule has 0 atom stereocenters. The molecule has 21 heavy (non-hydrogen) atoms. The lowest BCUT2D eigenvalue weighted by Crippen LogP contribution is -2.30. The highest BCUT2D eigenvalue weighted by Gasteiger charge is 2.21. The van der Waals surface area contributed by atoms with Crippen molar-refractivity contribution in [1.82, 2.24) is 10.3 Å². The van der Waals surface area contributed by atoms with Gasteiger partial charge in [0, 0.05) is 25.4 Å². The number of nitrogens with zero attached hydrogens (tertiary/aromatic N) is 2. The fraction of sp³-hybridized carbons (Fsp3) is 0.455. The van der Waals surface area contributed by atoms with E-state index >= 15 is 0 Å². The number of nitrogens with one attached hydrogen (secondary N) is 2. The van der Waals surface area contributed by atoms with Crippen molar-refractivity contribution >= 4 is 27.2 Å². The number of amides is 1. The van der Waals surface area contributed by atoms with E-state index in [1.807, 2.05) is 0 Å². The lowest BCUT2D eigenvalue weighted by molar-refractivity contribution is -0.385. The molecule has 0 aromatic carbocycles. The molecule has 0 aliphatic carbocycles. The van der Waals surface area contributed by atoms with Gasteiger partial charge in [-0.3, -0.25) is 14.9 Å². The summed E-state index contributed by atoms with van der Waals surface area (Å²) in [5.74, 6) is -0.659. The Morgan fingerprint density at radius 3 is 2.67 bits per heavy atom. The van der Waals surface area contributed by atoms with Crippen LogP contribution in [0.3, 0.4) is 0 Å². The summed E-state index contributed by atoms with van der Waals surface area (Å²) >= 11 is 0. The monoisotopic (exact) mass is 316 g/mol. The van der Waals surface area contributed by atoms with Crippen molar-refractivity contribution in [3.8, 4) is 0 Å². The number of pyridine rings is 1. The fourth-order valence-corrected chi connectivity index (χ4v) is 2.17. The zero-order valence-electron chi connectivity index (χ0n) is 11.6. The fourth-order valence-electron chi connectivity index (χ4n) is 1.47. The molecule has 1 rings (SSSR count). The Labute approximate surface area is 121 Å². The molecule has 9 nitrogen and oxygen atoms in total. The van der Waals surface area contributed by atoms with E-state index in [1.54, 1.807) is 7.05 Å². The van der Waals surface area contributed by atoms with Crippen molar-refractivity contribution in [1.29, 1.82) is 0 Å². The van der Waals surface area contributed by atoms with Crippen molar-refractivity contribution in [3.05, 3.63) is 27.9 Å². The highest BCUT2D eigenvalue weighted by molar-refractivity contribution is 7.91. The van der Waals surface area contributed by atoms with E-state index in [0.717, 1.165) is 6.20 Å². The van der Waals surface area contributed by atoms with Crippen LogP contribution in [0.1, 0.15) is 17.3 Å². The maximum atomic E-state index is 11.9.